The molecule has 0 aliphatic carbocycles. The third-order valence-electron chi connectivity index (χ3n) is 1.81. The van der Waals surface area contributed by atoms with E-state index in [0.717, 1.165) is 4.47 Å². The zero-order chi connectivity index (χ0) is 12.0. The number of hydrogen-bond donors (Lipinski definition) is 2. The number of benzene rings is 1. The maximum Gasteiger partial charge on any atom is 0.216 e. The Balaban J connectivity index is 2.53. The number of halogens is 1. The third-order valence-corrected chi connectivity index (χ3v) is 2.30. The summed E-state index contributed by atoms with van der Waals surface area (Å²) in [5.74, 6) is 5.81. The Morgan fingerprint density at radius 3 is 2.94 bits per heavy atom. The summed E-state index contributed by atoms with van der Waals surface area (Å²) in [5, 5.41) is 12.2. The van der Waals surface area contributed by atoms with Gasteiger partial charge >= 0.3 is 0 Å². The van der Waals surface area contributed by atoms with E-state index in [1.165, 1.54) is 6.92 Å². The van der Waals surface area contributed by atoms with E-state index in [-0.39, 0.29) is 11.7 Å². The van der Waals surface area contributed by atoms with Crippen LogP contribution in [-0.4, -0.2) is 17.6 Å². The molecule has 0 aliphatic heterocycles. The van der Waals surface area contributed by atoms with E-state index in [9.17, 15) is 9.90 Å². The van der Waals surface area contributed by atoms with Crippen molar-refractivity contribution in [2.24, 2.45) is 0 Å². The number of phenolic OH excluding ortho intramolecular Hbond substituents is 1. The topological polar surface area (TPSA) is 49.3 Å². The summed E-state index contributed by atoms with van der Waals surface area (Å²) in [6, 6.07) is 5.15. The molecule has 0 aromatic heterocycles. The van der Waals surface area contributed by atoms with Crippen LogP contribution in [0, 0.1) is 11.8 Å². The van der Waals surface area contributed by atoms with Crippen molar-refractivity contribution in [2.75, 3.05) is 6.54 Å². The molecule has 3 nitrogen and oxygen atoms in total. The molecule has 0 saturated heterocycles. The standard InChI is InChI=1S/C12H12BrNO2/c1-9(15)14-7-3-2-4-10-5-6-11(13)8-12(10)16/h5-6,8,16H,3,7H2,1H3,(H,14,15). The minimum atomic E-state index is -0.0618. The van der Waals surface area contributed by atoms with Crippen LogP contribution in [-0.2, 0) is 4.79 Å². The molecule has 84 valence electrons. The molecule has 0 heterocycles. The van der Waals surface area contributed by atoms with Gasteiger partial charge in [-0.3, -0.25) is 4.79 Å². The second-order valence-corrected chi connectivity index (χ2v) is 4.11. The Morgan fingerprint density at radius 2 is 2.31 bits per heavy atom. The molecule has 0 aliphatic rings. The molecule has 0 spiro atoms. The van der Waals surface area contributed by atoms with Crippen molar-refractivity contribution in [3.8, 4) is 17.6 Å². The first-order valence-corrected chi connectivity index (χ1v) is 5.60. The molecule has 1 aromatic carbocycles. The van der Waals surface area contributed by atoms with Crippen molar-refractivity contribution < 1.29 is 9.90 Å². The summed E-state index contributed by atoms with van der Waals surface area (Å²) in [4.78, 5) is 10.6. The van der Waals surface area contributed by atoms with Gasteiger partial charge in [0, 0.05) is 24.4 Å². The second-order valence-electron chi connectivity index (χ2n) is 3.20. The number of carbonyl (C=O) groups excluding carboxylic acids is 1. The first kappa shape index (κ1) is 12.6. The van der Waals surface area contributed by atoms with Gasteiger partial charge in [0.2, 0.25) is 5.91 Å². The molecule has 0 atom stereocenters. The van der Waals surface area contributed by atoms with Crippen molar-refractivity contribution in [3.05, 3.63) is 28.2 Å². The normalized spacial score (nSPS) is 9.12. The largest absolute Gasteiger partial charge is 0.507 e. The average Bonchev–Trinajstić information content (AvgIpc) is 2.20. The molecule has 0 saturated carbocycles. The van der Waals surface area contributed by atoms with Crippen LogP contribution >= 0.6 is 15.9 Å². The summed E-state index contributed by atoms with van der Waals surface area (Å²) < 4.78 is 0.814. The molecule has 1 rings (SSSR count). The fourth-order valence-electron chi connectivity index (χ4n) is 1.07. The number of carbonyl (C=O) groups is 1. The maximum atomic E-state index is 10.6. The van der Waals surface area contributed by atoms with Gasteiger partial charge < -0.3 is 10.4 Å². The fraction of sp³-hybridized carbons (Fsp3) is 0.250. The number of hydrogen-bond acceptors (Lipinski definition) is 2. The molecule has 1 amide bonds. The molecule has 0 unspecified atom stereocenters. The molecule has 0 bridgehead atoms. The highest BCUT2D eigenvalue weighted by Crippen LogP contribution is 2.21. The van der Waals surface area contributed by atoms with Gasteiger partial charge in [-0.15, -0.1) is 0 Å². The molecule has 0 fully saturated rings. The highest BCUT2D eigenvalue weighted by atomic mass is 79.9. The summed E-state index contributed by atoms with van der Waals surface area (Å²) in [6.45, 7) is 1.99. The van der Waals surface area contributed by atoms with E-state index in [4.69, 9.17) is 0 Å². The van der Waals surface area contributed by atoms with Gasteiger partial charge in [-0.05, 0) is 18.2 Å². The lowest BCUT2D eigenvalue weighted by atomic mass is 10.2. The zero-order valence-electron chi connectivity index (χ0n) is 8.88. The fourth-order valence-corrected chi connectivity index (χ4v) is 1.42. The predicted octanol–water partition coefficient (Wildman–Crippen LogP) is 2.03. The molecule has 1 aromatic rings. The number of amides is 1. The minimum absolute atomic E-state index is 0.0618. The van der Waals surface area contributed by atoms with Crippen molar-refractivity contribution in [3.63, 3.8) is 0 Å². The summed E-state index contributed by atoms with van der Waals surface area (Å²) >= 11 is 3.25. The Hall–Kier alpha value is -1.47. The SMILES string of the molecule is CC(=O)NCCC#Cc1ccc(Br)cc1O. The maximum absolute atomic E-state index is 10.6. The minimum Gasteiger partial charge on any atom is -0.507 e. The van der Waals surface area contributed by atoms with E-state index in [2.05, 4.69) is 33.1 Å². The first-order valence-electron chi connectivity index (χ1n) is 4.81. The number of rotatable bonds is 2. The lowest BCUT2D eigenvalue weighted by molar-refractivity contribution is -0.118. The molecule has 16 heavy (non-hydrogen) atoms. The van der Waals surface area contributed by atoms with E-state index >= 15 is 0 Å². The summed E-state index contributed by atoms with van der Waals surface area (Å²) in [5.41, 5.74) is 0.589. The first-order chi connectivity index (χ1) is 7.59. The molecule has 4 heteroatoms. The predicted molar refractivity (Wildman–Crippen MR) is 66.0 cm³/mol. The van der Waals surface area contributed by atoms with Crippen LogP contribution in [0.5, 0.6) is 5.75 Å². The van der Waals surface area contributed by atoms with E-state index < -0.39 is 0 Å². The van der Waals surface area contributed by atoms with Crippen LogP contribution in [0.3, 0.4) is 0 Å². The van der Waals surface area contributed by atoms with Gasteiger partial charge in [0.15, 0.2) is 0 Å². The second kappa shape index (κ2) is 6.19. The monoisotopic (exact) mass is 281 g/mol. The Labute approximate surface area is 103 Å². The van der Waals surface area contributed by atoms with Crippen LogP contribution < -0.4 is 5.32 Å². The third kappa shape index (κ3) is 4.37. The highest BCUT2D eigenvalue weighted by molar-refractivity contribution is 9.10. The Morgan fingerprint density at radius 1 is 1.56 bits per heavy atom. The van der Waals surface area contributed by atoms with Crippen molar-refractivity contribution in [1.29, 1.82) is 0 Å². The van der Waals surface area contributed by atoms with Crippen LogP contribution in [0.4, 0.5) is 0 Å². The Kier molecular flexibility index (Phi) is 4.87. The smallest absolute Gasteiger partial charge is 0.216 e. The molecule has 2 N–H and O–H groups in total. The molecule has 0 radical (unpaired) electrons. The van der Waals surface area contributed by atoms with Gasteiger partial charge in [0.1, 0.15) is 5.75 Å². The molecular weight excluding hydrogens is 270 g/mol. The number of nitrogens with one attached hydrogen (secondary N) is 1. The zero-order valence-corrected chi connectivity index (χ0v) is 10.5. The Bertz CT molecular complexity index is 446. The van der Waals surface area contributed by atoms with Gasteiger partial charge in [0.05, 0.1) is 5.56 Å². The summed E-state index contributed by atoms with van der Waals surface area (Å²) in [6.07, 6.45) is 0.565. The van der Waals surface area contributed by atoms with Gasteiger partial charge in [-0.1, -0.05) is 27.8 Å². The lowest BCUT2D eigenvalue weighted by Gasteiger charge is -1.97. The van der Waals surface area contributed by atoms with Crippen LogP contribution in [0.2, 0.25) is 0 Å². The van der Waals surface area contributed by atoms with Crippen molar-refractivity contribution >= 4 is 21.8 Å². The van der Waals surface area contributed by atoms with Crippen LogP contribution in [0.25, 0.3) is 0 Å². The van der Waals surface area contributed by atoms with Gasteiger partial charge in [0.25, 0.3) is 0 Å². The van der Waals surface area contributed by atoms with E-state index in [1.807, 2.05) is 6.07 Å². The van der Waals surface area contributed by atoms with Crippen LogP contribution in [0.15, 0.2) is 22.7 Å². The summed E-state index contributed by atoms with van der Waals surface area (Å²) in [7, 11) is 0. The highest BCUT2D eigenvalue weighted by Gasteiger charge is 1.97. The number of phenols is 1. The van der Waals surface area contributed by atoms with Gasteiger partial charge in [-0.25, -0.2) is 0 Å². The van der Waals surface area contributed by atoms with E-state index in [0.29, 0.717) is 18.5 Å². The average molecular weight is 282 g/mol. The molecular formula is C12H12BrNO2. The van der Waals surface area contributed by atoms with Crippen LogP contribution in [0.1, 0.15) is 18.9 Å². The quantitative estimate of drug-likeness (QED) is 0.644. The van der Waals surface area contributed by atoms with Crippen molar-refractivity contribution in [1.82, 2.24) is 5.32 Å². The number of aromatic hydroxyl groups is 1. The van der Waals surface area contributed by atoms with Crippen molar-refractivity contribution in [2.45, 2.75) is 13.3 Å². The lowest BCUT2D eigenvalue weighted by Crippen LogP contribution is -2.20. The van der Waals surface area contributed by atoms with E-state index in [1.54, 1.807) is 12.1 Å². The van der Waals surface area contributed by atoms with Gasteiger partial charge in [-0.2, -0.15) is 0 Å².